The second kappa shape index (κ2) is 7.39. The largest absolute Gasteiger partial charge is 0.229 e. The van der Waals surface area contributed by atoms with Crippen molar-refractivity contribution in [2.24, 2.45) is 5.92 Å². The second-order valence-electron chi connectivity index (χ2n) is 5.06. The molecule has 1 aromatic carbocycles. The summed E-state index contributed by atoms with van der Waals surface area (Å²) in [5.74, 6) is 0.211. The molecule has 0 aliphatic heterocycles. The van der Waals surface area contributed by atoms with Crippen molar-refractivity contribution in [2.45, 2.75) is 31.9 Å². The highest BCUT2D eigenvalue weighted by Crippen LogP contribution is 2.17. The van der Waals surface area contributed by atoms with Gasteiger partial charge < -0.3 is 0 Å². The molecule has 0 spiro atoms. The average molecular weight is 351 g/mol. The summed E-state index contributed by atoms with van der Waals surface area (Å²) < 4.78 is 36.4. The zero-order valence-electron chi connectivity index (χ0n) is 11.3. The van der Waals surface area contributed by atoms with Gasteiger partial charge in [-0.05, 0) is 50.3 Å². The molecule has 108 valence electrons. The lowest BCUT2D eigenvalue weighted by Crippen LogP contribution is -2.21. The minimum Gasteiger partial charge on any atom is -0.229 e. The molecule has 1 rings (SSSR count). The molecule has 1 atom stereocenters. The molecule has 0 heterocycles. The second-order valence-corrected chi connectivity index (χ2v) is 8.38. The lowest BCUT2D eigenvalue weighted by molar-refractivity contribution is 0.547. The number of benzene rings is 1. The first-order valence-corrected chi connectivity index (χ1v) is 9.21. The van der Waals surface area contributed by atoms with Crippen molar-refractivity contribution in [3.05, 3.63) is 35.6 Å². The monoisotopic (exact) mass is 350 g/mol. The highest BCUT2D eigenvalue weighted by atomic mass is 79.9. The molecule has 1 aromatic rings. The van der Waals surface area contributed by atoms with E-state index < -0.39 is 9.84 Å². The van der Waals surface area contributed by atoms with Crippen molar-refractivity contribution in [3.63, 3.8) is 0 Å². The van der Waals surface area contributed by atoms with Gasteiger partial charge in [-0.15, -0.1) is 0 Å². The molecule has 1 unspecified atom stereocenters. The van der Waals surface area contributed by atoms with Gasteiger partial charge in [-0.25, -0.2) is 12.8 Å². The maximum Gasteiger partial charge on any atom is 0.152 e. The predicted molar refractivity (Wildman–Crippen MR) is 80.9 cm³/mol. The summed E-state index contributed by atoms with van der Waals surface area (Å²) in [5, 5.41) is 0.423. The summed E-state index contributed by atoms with van der Waals surface area (Å²) in [4.78, 5) is 0. The van der Waals surface area contributed by atoms with Gasteiger partial charge in [0, 0.05) is 5.33 Å². The van der Waals surface area contributed by atoms with Gasteiger partial charge in [0.2, 0.25) is 0 Å². The van der Waals surface area contributed by atoms with E-state index in [1.54, 1.807) is 26.0 Å². The van der Waals surface area contributed by atoms with E-state index in [1.807, 2.05) is 0 Å². The number of sulfone groups is 1. The van der Waals surface area contributed by atoms with E-state index in [0.717, 1.165) is 17.3 Å². The lowest BCUT2D eigenvalue weighted by Gasteiger charge is -2.15. The molecule has 0 bridgehead atoms. The van der Waals surface area contributed by atoms with Crippen LogP contribution < -0.4 is 0 Å². The van der Waals surface area contributed by atoms with E-state index >= 15 is 0 Å². The van der Waals surface area contributed by atoms with Crippen molar-refractivity contribution < 1.29 is 12.8 Å². The molecule has 0 aliphatic rings. The normalized spacial score (nSPS) is 13.7. The van der Waals surface area contributed by atoms with Crippen LogP contribution in [0.15, 0.2) is 24.3 Å². The fourth-order valence-electron chi connectivity index (χ4n) is 1.75. The van der Waals surface area contributed by atoms with Crippen molar-refractivity contribution in [1.82, 2.24) is 0 Å². The number of rotatable bonds is 7. The SMILES string of the molecule is CC(C)S(=O)(=O)CCC(CBr)Cc1ccc(F)cc1. The molecule has 0 amide bonds. The van der Waals surface area contributed by atoms with E-state index in [-0.39, 0.29) is 22.7 Å². The summed E-state index contributed by atoms with van der Waals surface area (Å²) in [6.45, 7) is 3.41. The molecule has 0 saturated carbocycles. The fraction of sp³-hybridized carbons (Fsp3) is 0.571. The van der Waals surface area contributed by atoms with Gasteiger partial charge in [0.05, 0.1) is 11.0 Å². The van der Waals surface area contributed by atoms with Crippen molar-refractivity contribution >= 4 is 25.8 Å². The van der Waals surface area contributed by atoms with Crippen LogP contribution >= 0.6 is 15.9 Å². The highest BCUT2D eigenvalue weighted by Gasteiger charge is 2.18. The van der Waals surface area contributed by atoms with Crippen LogP contribution in [0, 0.1) is 11.7 Å². The molecule has 0 saturated heterocycles. The Morgan fingerprint density at radius 2 is 1.79 bits per heavy atom. The highest BCUT2D eigenvalue weighted by molar-refractivity contribution is 9.09. The van der Waals surface area contributed by atoms with Crippen LogP contribution in [0.3, 0.4) is 0 Å². The van der Waals surface area contributed by atoms with Gasteiger partial charge in [-0.3, -0.25) is 0 Å². The third kappa shape index (κ3) is 5.61. The lowest BCUT2D eigenvalue weighted by atomic mass is 9.99. The minimum atomic E-state index is -2.98. The zero-order chi connectivity index (χ0) is 14.5. The molecule has 0 aromatic heterocycles. The maximum atomic E-state index is 12.8. The summed E-state index contributed by atoms with van der Waals surface area (Å²) in [6.07, 6.45) is 1.39. The molecule has 5 heteroatoms. The van der Waals surface area contributed by atoms with E-state index in [9.17, 15) is 12.8 Å². The van der Waals surface area contributed by atoms with Crippen LogP contribution in [-0.2, 0) is 16.3 Å². The smallest absolute Gasteiger partial charge is 0.152 e. The molecule has 0 fully saturated rings. The first-order chi connectivity index (χ1) is 8.85. The van der Waals surface area contributed by atoms with Gasteiger partial charge >= 0.3 is 0 Å². The van der Waals surface area contributed by atoms with Gasteiger partial charge in [0.15, 0.2) is 9.84 Å². The van der Waals surface area contributed by atoms with Crippen LogP contribution in [0.1, 0.15) is 25.8 Å². The number of hydrogen-bond acceptors (Lipinski definition) is 2. The Hall–Kier alpha value is -0.420. The molecule has 0 radical (unpaired) electrons. The molecule has 19 heavy (non-hydrogen) atoms. The van der Waals surface area contributed by atoms with Crippen molar-refractivity contribution in [1.29, 1.82) is 0 Å². The fourth-order valence-corrected chi connectivity index (χ4v) is 3.44. The molecule has 0 N–H and O–H groups in total. The predicted octanol–water partition coefficient (Wildman–Crippen LogP) is 3.59. The van der Waals surface area contributed by atoms with E-state index in [2.05, 4.69) is 15.9 Å². The van der Waals surface area contributed by atoms with Gasteiger partial charge in [-0.1, -0.05) is 28.1 Å². The molecular weight excluding hydrogens is 331 g/mol. The Kier molecular flexibility index (Phi) is 6.47. The van der Waals surface area contributed by atoms with Crippen LogP contribution in [-0.4, -0.2) is 24.8 Å². The summed E-state index contributed by atoms with van der Waals surface area (Å²) in [6, 6.07) is 6.38. The van der Waals surface area contributed by atoms with E-state index in [1.165, 1.54) is 12.1 Å². The van der Waals surface area contributed by atoms with Crippen LogP contribution in [0.2, 0.25) is 0 Å². The van der Waals surface area contributed by atoms with Gasteiger partial charge in [0.25, 0.3) is 0 Å². The maximum absolute atomic E-state index is 12.8. The standard InChI is InChI=1S/C14H20BrFO2S/c1-11(2)19(17,18)8-7-13(10-15)9-12-3-5-14(16)6-4-12/h3-6,11,13H,7-10H2,1-2H3. The molecule has 0 aliphatic carbocycles. The Bertz CT molecular complexity index is 483. The van der Waals surface area contributed by atoms with Crippen LogP contribution in [0.25, 0.3) is 0 Å². The first-order valence-electron chi connectivity index (χ1n) is 6.37. The quantitative estimate of drug-likeness (QED) is 0.704. The first kappa shape index (κ1) is 16.6. The van der Waals surface area contributed by atoms with Crippen molar-refractivity contribution in [3.8, 4) is 0 Å². The molecule has 2 nitrogen and oxygen atoms in total. The van der Waals surface area contributed by atoms with Gasteiger partial charge in [0.1, 0.15) is 5.82 Å². The number of hydrogen-bond donors (Lipinski definition) is 0. The third-order valence-electron chi connectivity index (χ3n) is 3.18. The summed E-state index contributed by atoms with van der Waals surface area (Å²) >= 11 is 3.42. The van der Waals surface area contributed by atoms with Crippen LogP contribution in [0.5, 0.6) is 0 Å². The molecular formula is C14H20BrFO2S. The minimum absolute atomic E-state index is 0.210. The summed E-state index contributed by atoms with van der Waals surface area (Å²) in [5.41, 5.74) is 1.03. The number of alkyl halides is 1. The number of halogens is 2. The topological polar surface area (TPSA) is 34.1 Å². The Morgan fingerprint density at radius 1 is 1.21 bits per heavy atom. The Morgan fingerprint density at radius 3 is 2.26 bits per heavy atom. The van der Waals surface area contributed by atoms with E-state index in [4.69, 9.17) is 0 Å². The van der Waals surface area contributed by atoms with Crippen LogP contribution in [0.4, 0.5) is 4.39 Å². The Balaban J connectivity index is 2.57. The van der Waals surface area contributed by atoms with Gasteiger partial charge in [-0.2, -0.15) is 0 Å². The average Bonchev–Trinajstić information content (AvgIpc) is 2.36. The van der Waals surface area contributed by atoms with E-state index in [0.29, 0.717) is 6.42 Å². The summed E-state index contributed by atoms with van der Waals surface area (Å²) in [7, 11) is -2.98. The zero-order valence-corrected chi connectivity index (χ0v) is 13.7. The van der Waals surface area contributed by atoms with Crippen molar-refractivity contribution in [2.75, 3.05) is 11.1 Å². The Labute approximate surface area is 123 Å². The third-order valence-corrected chi connectivity index (χ3v) is 6.34.